The van der Waals surface area contributed by atoms with Crippen LogP contribution in [0.2, 0.25) is 0 Å². The van der Waals surface area contributed by atoms with Gasteiger partial charge in [0, 0.05) is 0 Å². The van der Waals surface area contributed by atoms with Crippen LogP contribution in [-0.2, 0) is 4.74 Å². The molecule has 62 valence electrons. The molecule has 0 saturated carbocycles. The summed E-state index contributed by atoms with van der Waals surface area (Å²) in [5.41, 5.74) is 5.89. The smallest absolute Gasteiger partial charge is 0.0873 e. The van der Waals surface area contributed by atoms with Crippen LogP contribution in [0.5, 0.6) is 0 Å². The standard InChI is InChI=1S/C9H15NO/c1-2-8(10)9-5-3-7(11-9)4-6-9/h2,7-8H,1,3-6,10H2. The Morgan fingerprint density at radius 1 is 1.55 bits per heavy atom. The minimum Gasteiger partial charge on any atom is -0.370 e. The average molecular weight is 153 g/mol. The summed E-state index contributed by atoms with van der Waals surface area (Å²) in [6.07, 6.45) is 6.97. The van der Waals surface area contributed by atoms with E-state index in [1.807, 2.05) is 6.08 Å². The van der Waals surface area contributed by atoms with Gasteiger partial charge in [-0.05, 0) is 25.7 Å². The predicted molar refractivity (Wildman–Crippen MR) is 44.2 cm³/mol. The number of rotatable bonds is 2. The maximum absolute atomic E-state index is 5.91. The van der Waals surface area contributed by atoms with E-state index in [4.69, 9.17) is 10.5 Å². The van der Waals surface area contributed by atoms with Crippen LogP contribution in [0.4, 0.5) is 0 Å². The van der Waals surface area contributed by atoms with E-state index in [9.17, 15) is 0 Å². The zero-order chi connectivity index (χ0) is 7.90. The lowest BCUT2D eigenvalue weighted by atomic mass is 9.83. The molecule has 11 heavy (non-hydrogen) atoms. The van der Waals surface area contributed by atoms with Gasteiger partial charge in [-0.25, -0.2) is 0 Å². The van der Waals surface area contributed by atoms with Gasteiger partial charge in [0.05, 0.1) is 17.7 Å². The SMILES string of the molecule is C=CC(N)C12CCC(CC1)O2. The zero-order valence-corrected chi connectivity index (χ0v) is 6.75. The minimum atomic E-state index is -0.0214. The molecule has 0 radical (unpaired) electrons. The lowest BCUT2D eigenvalue weighted by Gasteiger charge is -2.29. The second kappa shape index (κ2) is 2.32. The molecule has 1 atom stereocenters. The second-order valence-corrected chi connectivity index (χ2v) is 3.64. The first kappa shape index (κ1) is 7.32. The molecule has 2 nitrogen and oxygen atoms in total. The maximum Gasteiger partial charge on any atom is 0.0873 e. The third kappa shape index (κ3) is 0.932. The molecule has 2 aliphatic heterocycles. The van der Waals surface area contributed by atoms with Crippen molar-refractivity contribution in [3.8, 4) is 0 Å². The molecule has 0 aromatic rings. The van der Waals surface area contributed by atoms with Gasteiger partial charge in [0.15, 0.2) is 0 Å². The highest BCUT2D eigenvalue weighted by Gasteiger charge is 2.48. The lowest BCUT2D eigenvalue weighted by Crippen LogP contribution is -2.44. The topological polar surface area (TPSA) is 35.2 Å². The summed E-state index contributed by atoms with van der Waals surface area (Å²) in [6, 6.07) is 0.0370. The quantitative estimate of drug-likeness (QED) is 0.605. The Hall–Kier alpha value is -0.340. The molecule has 0 aromatic heterocycles. The van der Waals surface area contributed by atoms with Crippen molar-refractivity contribution in [2.45, 2.75) is 43.4 Å². The molecular formula is C9H15NO. The molecule has 2 saturated heterocycles. The maximum atomic E-state index is 5.91. The Bertz CT molecular complexity index is 170. The van der Waals surface area contributed by atoms with Gasteiger partial charge in [-0.2, -0.15) is 0 Å². The molecule has 0 aliphatic carbocycles. The first-order valence-corrected chi connectivity index (χ1v) is 4.33. The number of hydrogen-bond acceptors (Lipinski definition) is 2. The summed E-state index contributed by atoms with van der Waals surface area (Å²) in [6.45, 7) is 3.71. The van der Waals surface area contributed by atoms with Crippen molar-refractivity contribution in [2.24, 2.45) is 5.73 Å². The Morgan fingerprint density at radius 2 is 2.18 bits per heavy atom. The van der Waals surface area contributed by atoms with Gasteiger partial charge in [-0.3, -0.25) is 0 Å². The summed E-state index contributed by atoms with van der Waals surface area (Å²) in [5.74, 6) is 0. The fraction of sp³-hybridized carbons (Fsp3) is 0.778. The molecule has 0 amide bonds. The van der Waals surface area contributed by atoms with Crippen molar-refractivity contribution in [3.05, 3.63) is 12.7 Å². The van der Waals surface area contributed by atoms with Crippen LogP contribution in [0, 0.1) is 0 Å². The number of nitrogens with two attached hydrogens (primary N) is 1. The van der Waals surface area contributed by atoms with Gasteiger partial charge in [-0.15, -0.1) is 6.58 Å². The monoisotopic (exact) mass is 153 g/mol. The summed E-state index contributed by atoms with van der Waals surface area (Å²) in [7, 11) is 0. The Kier molecular flexibility index (Phi) is 1.55. The van der Waals surface area contributed by atoms with Crippen LogP contribution in [0.3, 0.4) is 0 Å². The van der Waals surface area contributed by atoms with Crippen molar-refractivity contribution < 1.29 is 4.74 Å². The molecular weight excluding hydrogens is 138 g/mol. The van der Waals surface area contributed by atoms with Crippen LogP contribution in [0.25, 0.3) is 0 Å². The summed E-state index contributed by atoms with van der Waals surface area (Å²) < 4.78 is 5.82. The molecule has 2 N–H and O–H groups in total. The van der Waals surface area contributed by atoms with Crippen LogP contribution >= 0.6 is 0 Å². The Labute approximate surface area is 67.4 Å². The molecule has 2 bridgehead atoms. The highest BCUT2D eigenvalue weighted by Crippen LogP contribution is 2.45. The van der Waals surface area contributed by atoms with Crippen LogP contribution < -0.4 is 5.73 Å². The van der Waals surface area contributed by atoms with Crippen molar-refractivity contribution >= 4 is 0 Å². The molecule has 0 aromatic carbocycles. The van der Waals surface area contributed by atoms with Gasteiger partial charge in [0.2, 0.25) is 0 Å². The van der Waals surface area contributed by atoms with E-state index in [-0.39, 0.29) is 11.6 Å². The molecule has 0 spiro atoms. The average Bonchev–Trinajstić information content (AvgIpc) is 2.62. The van der Waals surface area contributed by atoms with Gasteiger partial charge in [0.25, 0.3) is 0 Å². The minimum absolute atomic E-state index is 0.0214. The summed E-state index contributed by atoms with van der Waals surface area (Å²) >= 11 is 0. The molecule has 1 unspecified atom stereocenters. The molecule has 2 rings (SSSR count). The number of ether oxygens (including phenoxy) is 1. The lowest BCUT2D eigenvalue weighted by molar-refractivity contribution is 0.00448. The van der Waals surface area contributed by atoms with E-state index in [1.165, 1.54) is 12.8 Å². The number of fused-ring (bicyclic) bond motifs is 2. The van der Waals surface area contributed by atoms with E-state index < -0.39 is 0 Å². The van der Waals surface area contributed by atoms with Crippen LogP contribution in [-0.4, -0.2) is 17.7 Å². The van der Waals surface area contributed by atoms with Crippen molar-refractivity contribution in [1.82, 2.24) is 0 Å². The molecule has 2 fully saturated rings. The Balaban J connectivity index is 2.15. The van der Waals surface area contributed by atoms with E-state index in [2.05, 4.69) is 6.58 Å². The third-order valence-corrected chi connectivity index (χ3v) is 3.04. The molecule has 2 heterocycles. The van der Waals surface area contributed by atoms with E-state index in [0.717, 1.165) is 12.8 Å². The fourth-order valence-corrected chi connectivity index (χ4v) is 2.27. The van der Waals surface area contributed by atoms with E-state index in [1.54, 1.807) is 0 Å². The van der Waals surface area contributed by atoms with Gasteiger partial charge < -0.3 is 10.5 Å². The van der Waals surface area contributed by atoms with Gasteiger partial charge in [-0.1, -0.05) is 6.08 Å². The largest absolute Gasteiger partial charge is 0.370 e. The molecule has 2 heteroatoms. The van der Waals surface area contributed by atoms with Gasteiger partial charge in [0.1, 0.15) is 0 Å². The van der Waals surface area contributed by atoms with E-state index >= 15 is 0 Å². The first-order chi connectivity index (χ1) is 5.27. The van der Waals surface area contributed by atoms with Crippen molar-refractivity contribution in [1.29, 1.82) is 0 Å². The van der Waals surface area contributed by atoms with Crippen molar-refractivity contribution in [3.63, 3.8) is 0 Å². The second-order valence-electron chi connectivity index (χ2n) is 3.64. The Morgan fingerprint density at radius 3 is 2.55 bits per heavy atom. The normalized spacial score (nSPS) is 44.3. The van der Waals surface area contributed by atoms with Crippen LogP contribution in [0.1, 0.15) is 25.7 Å². The zero-order valence-electron chi connectivity index (χ0n) is 6.75. The van der Waals surface area contributed by atoms with Gasteiger partial charge >= 0.3 is 0 Å². The highest BCUT2D eigenvalue weighted by atomic mass is 16.5. The number of hydrogen-bond donors (Lipinski definition) is 1. The summed E-state index contributed by atoms with van der Waals surface area (Å²) in [4.78, 5) is 0. The molecule has 2 aliphatic rings. The van der Waals surface area contributed by atoms with Crippen LogP contribution in [0.15, 0.2) is 12.7 Å². The fourth-order valence-electron chi connectivity index (χ4n) is 2.27. The summed E-state index contributed by atoms with van der Waals surface area (Å²) in [5, 5.41) is 0. The first-order valence-electron chi connectivity index (χ1n) is 4.33. The van der Waals surface area contributed by atoms with Crippen molar-refractivity contribution in [2.75, 3.05) is 0 Å². The third-order valence-electron chi connectivity index (χ3n) is 3.04. The predicted octanol–water partition coefficient (Wildman–Crippen LogP) is 1.21. The highest BCUT2D eigenvalue weighted by molar-refractivity contribution is 5.08. The van der Waals surface area contributed by atoms with E-state index in [0.29, 0.717) is 6.10 Å².